The lowest BCUT2D eigenvalue weighted by Gasteiger charge is -2.28. The molecule has 0 radical (unpaired) electrons. The second-order valence-electron chi connectivity index (χ2n) is 13.7. The van der Waals surface area contributed by atoms with Gasteiger partial charge in [-0.1, -0.05) is 123 Å². The first-order valence-corrected chi connectivity index (χ1v) is 16.7. The van der Waals surface area contributed by atoms with Crippen molar-refractivity contribution in [3.63, 3.8) is 0 Å². The SMILES string of the molecule is CC1(C)C2=C(c3ccc(-n4c5ccccc5c5cc(-c6ccccc6)ccc54)cc31)C(n1c3ccccc3c3ccccc31)CC=C2. The van der Waals surface area contributed by atoms with Crippen molar-refractivity contribution in [2.24, 2.45) is 0 Å². The van der Waals surface area contributed by atoms with Gasteiger partial charge in [0.2, 0.25) is 0 Å². The van der Waals surface area contributed by atoms with E-state index in [2.05, 4.69) is 175 Å². The third kappa shape index (κ3) is 3.67. The van der Waals surface area contributed by atoms with Gasteiger partial charge in [-0.15, -0.1) is 0 Å². The van der Waals surface area contributed by atoms with Crippen LogP contribution >= 0.6 is 0 Å². The molecular weight excluding hydrogens is 569 g/mol. The predicted octanol–water partition coefficient (Wildman–Crippen LogP) is 11.8. The lowest BCUT2D eigenvalue weighted by Crippen LogP contribution is -2.18. The van der Waals surface area contributed by atoms with Gasteiger partial charge in [0.15, 0.2) is 0 Å². The summed E-state index contributed by atoms with van der Waals surface area (Å²) in [5, 5.41) is 5.23. The van der Waals surface area contributed by atoms with Crippen molar-refractivity contribution in [1.82, 2.24) is 9.13 Å². The Labute approximate surface area is 274 Å². The lowest BCUT2D eigenvalue weighted by atomic mass is 9.79. The summed E-state index contributed by atoms with van der Waals surface area (Å²) in [7, 11) is 0. The Morgan fingerprint density at radius 3 is 1.89 bits per heavy atom. The van der Waals surface area contributed by atoms with Crippen LogP contribution in [0.3, 0.4) is 0 Å². The van der Waals surface area contributed by atoms with E-state index in [1.165, 1.54) is 82.7 Å². The number of nitrogens with zero attached hydrogens (tertiary/aromatic N) is 2. The van der Waals surface area contributed by atoms with Crippen LogP contribution in [0.4, 0.5) is 0 Å². The second-order valence-corrected chi connectivity index (χ2v) is 13.7. The topological polar surface area (TPSA) is 9.86 Å². The van der Waals surface area contributed by atoms with Crippen molar-refractivity contribution >= 4 is 49.2 Å². The van der Waals surface area contributed by atoms with Gasteiger partial charge < -0.3 is 9.13 Å². The van der Waals surface area contributed by atoms with Gasteiger partial charge >= 0.3 is 0 Å². The molecule has 0 saturated heterocycles. The molecule has 6 aromatic carbocycles. The summed E-state index contributed by atoms with van der Waals surface area (Å²) in [4.78, 5) is 0. The summed E-state index contributed by atoms with van der Waals surface area (Å²) in [5.74, 6) is 0. The molecule has 10 rings (SSSR count). The third-order valence-electron chi connectivity index (χ3n) is 10.9. The predicted molar refractivity (Wildman–Crippen MR) is 198 cm³/mol. The molecule has 1 atom stereocenters. The molecule has 224 valence electrons. The van der Waals surface area contributed by atoms with Crippen LogP contribution in [0.15, 0.2) is 157 Å². The fraction of sp³-hybridized carbons (Fsp3) is 0.111. The summed E-state index contributed by atoms with van der Waals surface area (Å²) in [6.07, 6.45) is 5.79. The van der Waals surface area contributed by atoms with E-state index < -0.39 is 0 Å². The van der Waals surface area contributed by atoms with Crippen molar-refractivity contribution in [3.8, 4) is 16.8 Å². The molecule has 2 aromatic heterocycles. The van der Waals surface area contributed by atoms with Gasteiger partial charge in [-0.3, -0.25) is 0 Å². The van der Waals surface area contributed by atoms with E-state index in [0.29, 0.717) is 0 Å². The highest BCUT2D eigenvalue weighted by Crippen LogP contribution is 2.55. The van der Waals surface area contributed by atoms with Crippen LogP contribution in [0.1, 0.15) is 37.4 Å². The minimum Gasteiger partial charge on any atom is -0.332 e. The zero-order chi connectivity index (χ0) is 31.3. The van der Waals surface area contributed by atoms with Crippen molar-refractivity contribution < 1.29 is 0 Å². The maximum Gasteiger partial charge on any atom is 0.0635 e. The Kier molecular flexibility index (Phi) is 5.49. The van der Waals surface area contributed by atoms with Crippen LogP contribution < -0.4 is 0 Å². The maximum atomic E-state index is 2.61. The highest BCUT2D eigenvalue weighted by Gasteiger charge is 2.41. The molecule has 2 aliphatic carbocycles. The second kappa shape index (κ2) is 9.70. The Morgan fingerprint density at radius 2 is 1.17 bits per heavy atom. The number of hydrogen-bond acceptors (Lipinski definition) is 0. The third-order valence-corrected chi connectivity index (χ3v) is 10.9. The van der Waals surface area contributed by atoms with E-state index in [4.69, 9.17) is 0 Å². The molecule has 8 aromatic rings. The van der Waals surface area contributed by atoms with E-state index in [-0.39, 0.29) is 11.5 Å². The van der Waals surface area contributed by atoms with E-state index in [0.717, 1.165) is 6.42 Å². The van der Waals surface area contributed by atoms with Crippen molar-refractivity contribution in [2.75, 3.05) is 0 Å². The minimum atomic E-state index is -0.117. The standard InChI is InChI=1S/C45H34N2/c1-45(2)37-18-12-22-43(47-40-20-10-6-15-32(40)33-16-7-11-21-41(33)47)44(37)35-25-24-31(28-38(35)45)46-39-19-9-8-17-34(39)36-27-30(23-26-42(36)46)29-13-4-3-5-14-29/h3-21,23-28,43H,22H2,1-2H3. The van der Waals surface area contributed by atoms with E-state index in [1.807, 2.05) is 0 Å². The van der Waals surface area contributed by atoms with Gasteiger partial charge in [-0.25, -0.2) is 0 Å². The first-order valence-electron chi connectivity index (χ1n) is 16.7. The summed E-state index contributed by atoms with van der Waals surface area (Å²) in [5.41, 5.74) is 14.4. The molecule has 2 nitrogen and oxygen atoms in total. The van der Waals surface area contributed by atoms with Crippen molar-refractivity contribution in [1.29, 1.82) is 0 Å². The molecule has 2 heterocycles. The lowest BCUT2D eigenvalue weighted by molar-refractivity contribution is 0.627. The number of fused-ring (bicyclic) bond motifs is 8. The summed E-state index contributed by atoms with van der Waals surface area (Å²) < 4.78 is 5.08. The first kappa shape index (κ1) is 26.6. The van der Waals surface area contributed by atoms with E-state index in [1.54, 1.807) is 0 Å². The molecule has 0 bridgehead atoms. The van der Waals surface area contributed by atoms with Crippen LogP contribution in [0.5, 0.6) is 0 Å². The molecule has 0 aliphatic heterocycles. The summed E-state index contributed by atoms with van der Waals surface area (Å²) in [6.45, 7) is 4.82. The largest absolute Gasteiger partial charge is 0.332 e. The van der Waals surface area contributed by atoms with Gasteiger partial charge in [0.05, 0.1) is 17.1 Å². The van der Waals surface area contributed by atoms with Crippen LogP contribution in [0.2, 0.25) is 0 Å². The fourth-order valence-electron chi connectivity index (χ4n) is 8.72. The number of rotatable bonds is 3. The number of allylic oxidation sites excluding steroid dienone is 4. The minimum absolute atomic E-state index is 0.117. The number of para-hydroxylation sites is 3. The Bertz CT molecular complexity index is 2570. The molecule has 1 unspecified atom stereocenters. The number of hydrogen-bond donors (Lipinski definition) is 0. The monoisotopic (exact) mass is 602 g/mol. The zero-order valence-corrected chi connectivity index (χ0v) is 26.6. The molecular formula is C45H34N2. The summed E-state index contributed by atoms with van der Waals surface area (Å²) in [6, 6.07) is 51.8. The molecule has 0 fully saturated rings. The van der Waals surface area contributed by atoms with Crippen molar-refractivity contribution in [2.45, 2.75) is 31.7 Å². The van der Waals surface area contributed by atoms with Crippen molar-refractivity contribution in [3.05, 3.63) is 168 Å². The van der Waals surface area contributed by atoms with Gasteiger partial charge in [0, 0.05) is 43.7 Å². The van der Waals surface area contributed by atoms with E-state index in [9.17, 15) is 0 Å². The van der Waals surface area contributed by atoms with Crippen LogP contribution in [-0.2, 0) is 5.41 Å². The van der Waals surface area contributed by atoms with Gasteiger partial charge in [-0.2, -0.15) is 0 Å². The molecule has 0 amide bonds. The molecule has 0 spiro atoms. The highest BCUT2D eigenvalue weighted by molar-refractivity contribution is 6.11. The summed E-state index contributed by atoms with van der Waals surface area (Å²) >= 11 is 0. The quantitative estimate of drug-likeness (QED) is 0.190. The Hall–Kier alpha value is -5.60. The van der Waals surface area contributed by atoms with Gasteiger partial charge in [-0.05, 0) is 82.3 Å². The van der Waals surface area contributed by atoms with Crippen LogP contribution in [0, 0.1) is 0 Å². The smallest absolute Gasteiger partial charge is 0.0635 e. The normalized spacial score (nSPS) is 16.9. The molecule has 47 heavy (non-hydrogen) atoms. The van der Waals surface area contributed by atoms with Crippen LogP contribution in [-0.4, -0.2) is 9.13 Å². The average molecular weight is 603 g/mol. The first-order chi connectivity index (χ1) is 23.1. The zero-order valence-electron chi connectivity index (χ0n) is 26.6. The number of benzene rings is 6. The molecule has 2 aliphatic rings. The van der Waals surface area contributed by atoms with Gasteiger partial charge in [0.1, 0.15) is 0 Å². The number of aromatic nitrogens is 2. The van der Waals surface area contributed by atoms with Crippen LogP contribution in [0.25, 0.3) is 66.0 Å². The molecule has 0 saturated carbocycles. The van der Waals surface area contributed by atoms with Gasteiger partial charge in [0.25, 0.3) is 0 Å². The Balaban J connectivity index is 1.17. The van der Waals surface area contributed by atoms with E-state index >= 15 is 0 Å². The molecule has 0 N–H and O–H groups in total. The fourth-order valence-corrected chi connectivity index (χ4v) is 8.72. The Morgan fingerprint density at radius 1 is 0.553 bits per heavy atom. The molecule has 2 heteroatoms. The average Bonchev–Trinajstić information content (AvgIpc) is 3.72. The highest BCUT2D eigenvalue weighted by atomic mass is 15.0. The maximum absolute atomic E-state index is 2.61.